The summed E-state index contributed by atoms with van der Waals surface area (Å²) in [5.41, 5.74) is 10.4. The lowest BCUT2D eigenvalue weighted by Crippen LogP contribution is -2.40. The van der Waals surface area contributed by atoms with Crippen LogP contribution < -0.4 is 16.4 Å². The number of amides is 2. The summed E-state index contributed by atoms with van der Waals surface area (Å²) >= 11 is 0. The fraction of sp³-hybridized carbons (Fsp3) is 0.419. The number of nitrogens with one attached hydrogen (secondary N) is 2. The van der Waals surface area contributed by atoms with Gasteiger partial charge in [-0.3, -0.25) is 9.59 Å². The Morgan fingerprint density at radius 1 is 0.947 bits per heavy atom. The van der Waals surface area contributed by atoms with Gasteiger partial charge in [0, 0.05) is 35.0 Å². The third-order valence-corrected chi connectivity index (χ3v) is 7.24. The molecule has 7 nitrogen and oxygen atoms in total. The molecule has 0 bridgehead atoms. The first-order valence-electron chi connectivity index (χ1n) is 13.5. The van der Waals surface area contributed by atoms with Gasteiger partial charge in [0.25, 0.3) is 0 Å². The van der Waals surface area contributed by atoms with Gasteiger partial charge >= 0.3 is 0 Å². The van der Waals surface area contributed by atoms with Crippen molar-refractivity contribution in [1.82, 2.24) is 15.5 Å². The van der Waals surface area contributed by atoms with Crippen LogP contribution in [-0.4, -0.2) is 28.1 Å². The van der Waals surface area contributed by atoms with Gasteiger partial charge in [-0.2, -0.15) is 0 Å². The highest BCUT2D eigenvalue weighted by Gasteiger charge is 2.25. The molecule has 1 aliphatic rings. The molecule has 1 fully saturated rings. The normalized spacial score (nSPS) is 17.7. The fourth-order valence-electron chi connectivity index (χ4n) is 4.90. The highest BCUT2D eigenvalue weighted by molar-refractivity contribution is 5.91. The monoisotopic (exact) mass is 513 g/mol. The van der Waals surface area contributed by atoms with E-state index in [0.29, 0.717) is 18.2 Å². The van der Waals surface area contributed by atoms with Crippen LogP contribution in [0.25, 0.3) is 22.4 Å². The molecule has 3 aromatic rings. The van der Waals surface area contributed by atoms with Gasteiger partial charge < -0.3 is 16.4 Å². The molecule has 0 saturated heterocycles. The molecule has 200 valence electrons. The van der Waals surface area contributed by atoms with E-state index in [1.54, 1.807) is 0 Å². The van der Waals surface area contributed by atoms with Crippen molar-refractivity contribution in [2.24, 2.45) is 17.6 Å². The number of anilines is 1. The van der Waals surface area contributed by atoms with Crippen molar-refractivity contribution in [1.29, 1.82) is 0 Å². The number of nitrogens with two attached hydrogens (primary N) is 1. The summed E-state index contributed by atoms with van der Waals surface area (Å²) in [4.78, 5) is 24.9. The molecule has 0 atom stereocenters. The predicted octanol–water partition coefficient (Wildman–Crippen LogP) is 5.66. The average Bonchev–Trinajstić information content (AvgIpc) is 2.90. The summed E-state index contributed by atoms with van der Waals surface area (Å²) in [7, 11) is 0. The molecule has 0 radical (unpaired) electrons. The third kappa shape index (κ3) is 7.04. The topological polar surface area (TPSA) is 110 Å². The zero-order valence-electron chi connectivity index (χ0n) is 22.8. The molecule has 2 amide bonds. The summed E-state index contributed by atoms with van der Waals surface area (Å²) in [6.07, 6.45) is 4.09. The molecule has 0 aliphatic heterocycles. The lowest BCUT2D eigenvalue weighted by Gasteiger charge is -2.29. The van der Waals surface area contributed by atoms with Crippen molar-refractivity contribution < 1.29 is 9.59 Å². The van der Waals surface area contributed by atoms with Crippen LogP contribution in [0.4, 0.5) is 5.82 Å². The van der Waals surface area contributed by atoms with Gasteiger partial charge in [-0.15, -0.1) is 10.2 Å². The second kappa shape index (κ2) is 11.9. The molecule has 1 heterocycles. The lowest BCUT2D eigenvalue weighted by molar-refractivity contribution is -0.125. The molecule has 7 heteroatoms. The summed E-state index contributed by atoms with van der Waals surface area (Å²) in [6.45, 7) is 7.76. The van der Waals surface area contributed by atoms with Gasteiger partial charge in [0.05, 0.1) is 0 Å². The zero-order valence-corrected chi connectivity index (χ0v) is 22.8. The number of nitrogens with zero attached hydrogens (tertiary/aromatic N) is 2. The number of benzene rings is 2. The van der Waals surface area contributed by atoms with E-state index in [0.717, 1.165) is 53.6 Å². The van der Waals surface area contributed by atoms with Crippen LogP contribution in [0.3, 0.4) is 0 Å². The highest BCUT2D eigenvalue weighted by atomic mass is 16.2. The van der Waals surface area contributed by atoms with Crippen LogP contribution in [0.15, 0.2) is 60.7 Å². The van der Waals surface area contributed by atoms with Gasteiger partial charge in [0.1, 0.15) is 5.69 Å². The molecular formula is C31H39N5O2. The Morgan fingerprint density at radius 2 is 1.61 bits per heavy atom. The molecule has 4 N–H and O–H groups in total. The Morgan fingerprint density at radius 3 is 2.21 bits per heavy atom. The van der Waals surface area contributed by atoms with Gasteiger partial charge in [0.15, 0.2) is 5.82 Å². The molecule has 1 aromatic heterocycles. The Labute approximate surface area is 225 Å². The number of carbonyl (C=O) groups excluding carboxylic acids is 2. The first kappa shape index (κ1) is 27.5. The van der Waals surface area contributed by atoms with Crippen LogP contribution in [0, 0.1) is 11.8 Å². The van der Waals surface area contributed by atoms with Crippen LogP contribution in [0.2, 0.25) is 0 Å². The third-order valence-electron chi connectivity index (χ3n) is 7.24. The second-order valence-corrected chi connectivity index (χ2v) is 11.3. The van der Waals surface area contributed by atoms with Crippen molar-refractivity contribution in [3.05, 3.63) is 66.2 Å². The number of rotatable bonds is 8. The van der Waals surface area contributed by atoms with E-state index in [4.69, 9.17) is 5.73 Å². The van der Waals surface area contributed by atoms with E-state index in [1.165, 1.54) is 0 Å². The van der Waals surface area contributed by atoms with Crippen molar-refractivity contribution >= 4 is 17.6 Å². The summed E-state index contributed by atoms with van der Waals surface area (Å²) in [6, 6.07) is 20.2. The maximum absolute atomic E-state index is 12.9. The molecule has 4 rings (SSSR count). The Bertz CT molecular complexity index is 1240. The van der Waals surface area contributed by atoms with Crippen LogP contribution in [0.1, 0.15) is 65.4 Å². The fourth-order valence-corrected chi connectivity index (χ4v) is 4.90. The van der Waals surface area contributed by atoms with Crippen LogP contribution in [0.5, 0.6) is 0 Å². The Kier molecular flexibility index (Phi) is 8.57. The molecule has 0 unspecified atom stereocenters. The smallest absolute Gasteiger partial charge is 0.225 e. The first-order chi connectivity index (χ1) is 18.1. The summed E-state index contributed by atoms with van der Waals surface area (Å²) in [5.74, 6) is 0.768. The summed E-state index contributed by atoms with van der Waals surface area (Å²) in [5, 5.41) is 15.0. The number of hydrogen-bond acceptors (Lipinski definition) is 5. The maximum atomic E-state index is 12.9. The number of carbonyl (C=O) groups is 2. The minimum atomic E-state index is -0.429. The van der Waals surface area contributed by atoms with E-state index < -0.39 is 5.54 Å². The van der Waals surface area contributed by atoms with E-state index in [-0.39, 0.29) is 23.8 Å². The van der Waals surface area contributed by atoms with Crippen molar-refractivity contribution in [2.75, 3.05) is 5.32 Å². The lowest BCUT2D eigenvalue weighted by atomic mass is 9.84. The minimum Gasteiger partial charge on any atom is -0.353 e. The SMILES string of the molecule is CC(C)C(=O)N[C@H]1CC[C@H](CC(=O)Nc2cc(-c3ccccc3)c(-c3ccc(C(C)(C)N)cc3)nn2)CC1. The number of hydrogen-bond donors (Lipinski definition) is 3. The molecule has 0 spiro atoms. The predicted molar refractivity (Wildman–Crippen MR) is 152 cm³/mol. The standard InChI is InChI=1S/C31H39N5O2/c1-20(2)30(38)33-25-16-10-21(11-17-25)18-28(37)34-27-19-26(22-8-6-5-7-9-22)29(36-35-27)23-12-14-24(15-13-23)31(3,4)32/h5-9,12-15,19-21,25H,10-11,16-18,32H2,1-4H3,(H,33,38)(H,34,35,37)/t21-,25-. The molecule has 1 saturated carbocycles. The van der Waals surface area contributed by atoms with Crippen molar-refractivity contribution in [2.45, 2.75) is 71.4 Å². The molecule has 38 heavy (non-hydrogen) atoms. The van der Waals surface area contributed by atoms with Crippen LogP contribution in [-0.2, 0) is 15.1 Å². The van der Waals surface area contributed by atoms with Gasteiger partial charge in [-0.05, 0) is 62.6 Å². The van der Waals surface area contributed by atoms with Gasteiger partial charge in [0.2, 0.25) is 11.8 Å². The van der Waals surface area contributed by atoms with Crippen molar-refractivity contribution in [3.63, 3.8) is 0 Å². The van der Waals surface area contributed by atoms with Gasteiger partial charge in [-0.1, -0.05) is 68.4 Å². The molecule has 2 aromatic carbocycles. The summed E-state index contributed by atoms with van der Waals surface area (Å²) < 4.78 is 0. The van der Waals surface area contributed by atoms with Gasteiger partial charge in [-0.25, -0.2) is 0 Å². The number of aromatic nitrogens is 2. The Hall–Kier alpha value is -3.58. The van der Waals surface area contributed by atoms with Crippen molar-refractivity contribution in [3.8, 4) is 22.4 Å². The largest absolute Gasteiger partial charge is 0.353 e. The van der Waals surface area contributed by atoms with E-state index in [2.05, 4.69) is 20.8 Å². The maximum Gasteiger partial charge on any atom is 0.225 e. The molecule has 1 aliphatic carbocycles. The zero-order chi connectivity index (χ0) is 27.3. The average molecular weight is 514 g/mol. The second-order valence-electron chi connectivity index (χ2n) is 11.3. The first-order valence-corrected chi connectivity index (χ1v) is 13.5. The molecular weight excluding hydrogens is 474 g/mol. The highest BCUT2D eigenvalue weighted by Crippen LogP contribution is 2.33. The van der Waals surface area contributed by atoms with E-state index in [9.17, 15) is 9.59 Å². The van der Waals surface area contributed by atoms with Crippen LogP contribution >= 0.6 is 0 Å². The minimum absolute atomic E-state index is 0.00997. The Balaban J connectivity index is 1.46. The van der Waals surface area contributed by atoms with E-state index in [1.807, 2.05) is 88.4 Å². The quantitative estimate of drug-likeness (QED) is 0.360. The van der Waals surface area contributed by atoms with E-state index >= 15 is 0 Å².